The molecule has 0 radical (unpaired) electrons. The molecule has 1 atom stereocenters. The van der Waals surface area contributed by atoms with Crippen molar-refractivity contribution in [1.82, 2.24) is 10.2 Å². The molecule has 14 heavy (non-hydrogen) atoms. The molecule has 0 aromatic rings. The predicted molar refractivity (Wildman–Crippen MR) is 61.7 cm³/mol. The number of nitrogens with zero attached hydrogens (tertiary/aromatic N) is 1. The molecule has 4 heteroatoms. The summed E-state index contributed by atoms with van der Waals surface area (Å²) < 4.78 is 0. The van der Waals surface area contributed by atoms with Gasteiger partial charge in [0.1, 0.15) is 0 Å². The van der Waals surface area contributed by atoms with Crippen molar-refractivity contribution in [3.8, 4) is 0 Å². The second kappa shape index (κ2) is 6.30. The fraction of sp³-hybridized carbons (Fsp3) is 0.900. The first kappa shape index (κ1) is 11.9. The van der Waals surface area contributed by atoms with Gasteiger partial charge in [-0.15, -0.1) is 0 Å². The summed E-state index contributed by atoms with van der Waals surface area (Å²) in [5, 5.41) is 3.36. The number of carbonyl (C=O) groups is 1. The van der Waals surface area contributed by atoms with Gasteiger partial charge in [0.2, 0.25) is 5.91 Å². The summed E-state index contributed by atoms with van der Waals surface area (Å²) in [6.45, 7) is 2.14. The molecule has 1 amide bonds. The Kier molecular flexibility index (Phi) is 5.33. The summed E-state index contributed by atoms with van der Waals surface area (Å²) in [4.78, 5) is 13.6. The highest BCUT2D eigenvalue weighted by atomic mass is 32.2. The van der Waals surface area contributed by atoms with Crippen LogP contribution in [0.5, 0.6) is 0 Å². The van der Waals surface area contributed by atoms with E-state index in [0.717, 1.165) is 25.9 Å². The van der Waals surface area contributed by atoms with Crippen molar-refractivity contribution in [2.24, 2.45) is 0 Å². The molecule has 0 aromatic carbocycles. The van der Waals surface area contributed by atoms with E-state index in [4.69, 9.17) is 0 Å². The average molecular weight is 216 g/mol. The van der Waals surface area contributed by atoms with Gasteiger partial charge in [-0.2, -0.15) is 11.8 Å². The monoisotopic (exact) mass is 216 g/mol. The zero-order valence-corrected chi connectivity index (χ0v) is 9.90. The number of hydrogen-bond donors (Lipinski definition) is 1. The number of thioether (sulfide) groups is 1. The van der Waals surface area contributed by atoms with Crippen LogP contribution < -0.4 is 5.32 Å². The Balaban J connectivity index is 2.40. The molecule has 0 aliphatic carbocycles. The summed E-state index contributed by atoms with van der Waals surface area (Å²) in [5.41, 5.74) is 0. The van der Waals surface area contributed by atoms with E-state index in [0.29, 0.717) is 11.8 Å². The van der Waals surface area contributed by atoms with Gasteiger partial charge >= 0.3 is 0 Å². The largest absolute Gasteiger partial charge is 0.342 e. The Morgan fingerprint density at radius 3 is 3.00 bits per heavy atom. The molecule has 0 spiro atoms. The molecular formula is C10H20N2OS. The van der Waals surface area contributed by atoms with Crippen LogP contribution in [0.25, 0.3) is 0 Å². The van der Waals surface area contributed by atoms with E-state index in [1.54, 1.807) is 11.8 Å². The predicted octanol–water partition coefficient (Wildman–Crippen LogP) is 0.950. The summed E-state index contributed by atoms with van der Waals surface area (Å²) in [6, 6.07) is 0.449. The van der Waals surface area contributed by atoms with Crippen LogP contribution >= 0.6 is 11.8 Å². The lowest BCUT2D eigenvalue weighted by Crippen LogP contribution is -2.38. The van der Waals surface area contributed by atoms with E-state index < -0.39 is 0 Å². The third-order valence-electron chi connectivity index (χ3n) is 2.75. The Labute approximate surface area is 90.6 Å². The van der Waals surface area contributed by atoms with E-state index in [1.165, 1.54) is 6.42 Å². The second-order valence-corrected chi connectivity index (χ2v) is 4.64. The number of nitrogens with one attached hydrogen (secondary N) is 1. The quantitative estimate of drug-likeness (QED) is 0.762. The van der Waals surface area contributed by atoms with E-state index >= 15 is 0 Å². The number of carbonyl (C=O) groups excluding carboxylic acids is 1. The smallest absolute Gasteiger partial charge is 0.232 e. The fourth-order valence-corrected chi connectivity index (χ4v) is 2.27. The first-order valence-corrected chi connectivity index (χ1v) is 6.60. The molecule has 1 aliphatic heterocycles. The molecule has 1 aliphatic rings. The molecule has 1 heterocycles. The maximum absolute atomic E-state index is 11.6. The maximum atomic E-state index is 11.6. The number of amides is 1. The van der Waals surface area contributed by atoms with Gasteiger partial charge < -0.3 is 10.2 Å². The molecule has 0 bridgehead atoms. The van der Waals surface area contributed by atoms with Gasteiger partial charge in [0.15, 0.2) is 0 Å². The number of hydrogen-bond acceptors (Lipinski definition) is 3. The first-order chi connectivity index (χ1) is 6.75. The summed E-state index contributed by atoms with van der Waals surface area (Å²) in [7, 11) is 1.94. The van der Waals surface area contributed by atoms with Crippen LogP contribution in [0, 0.1) is 0 Å². The third kappa shape index (κ3) is 3.50. The summed E-state index contributed by atoms with van der Waals surface area (Å²) in [5.74, 6) is 0.879. The minimum absolute atomic E-state index is 0.268. The topological polar surface area (TPSA) is 32.3 Å². The van der Waals surface area contributed by atoms with E-state index in [-0.39, 0.29) is 5.91 Å². The van der Waals surface area contributed by atoms with Crippen molar-refractivity contribution in [3.63, 3.8) is 0 Å². The highest BCUT2D eigenvalue weighted by molar-refractivity contribution is 7.99. The van der Waals surface area contributed by atoms with Crippen molar-refractivity contribution >= 4 is 17.7 Å². The zero-order chi connectivity index (χ0) is 10.4. The maximum Gasteiger partial charge on any atom is 0.232 e. The SMILES string of the molecule is CSCC(=O)N(C)C1CCCNCC1. The highest BCUT2D eigenvalue weighted by Crippen LogP contribution is 2.12. The van der Waals surface area contributed by atoms with Gasteiger partial charge in [-0.05, 0) is 38.6 Å². The molecule has 0 aromatic heterocycles. The van der Waals surface area contributed by atoms with Gasteiger partial charge in [0.25, 0.3) is 0 Å². The summed E-state index contributed by atoms with van der Waals surface area (Å²) in [6.07, 6.45) is 5.39. The van der Waals surface area contributed by atoms with Crippen LogP contribution in [0.15, 0.2) is 0 Å². The number of rotatable bonds is 3. The normalized spacial score (nSPS) is 22.9. The minimum Gasteiger partial charge on any atom is -0.342 e. The fourth-order valence-electron chi connectivity index (χ4n) is 1.82. The van der Waals surface area contributed by atoms with Crippen molar-refractivity contribution < 1.29 is 4.79 Å². The molecule has 3 nitrogen and oxygen atoms in total. The van der Waals surface area contributed by atoms with Gasteiger partial charge in [-0.3, -0.25) is 4.79 Å². The van der Waals surface area contributed by atoms with Gasteiger partial charge in [-0.25, -0.2) is 0 Å². The molecule has 1 fully saturated rings. The van der Waals surface area contributed by atoms with Crippen molar-refractivity contribution in [2.75, 3.05) is 32.1 Å². The lowest BCUT2D eigenvalue weighted by molar-refractivity contribution is -0.129. The lowest BCUT2D eigenvalue weighted by Gasteiger charge is -2.26. The van der Waals surface area contributed by atoms with Gasteiger partial charge in [0, 0.05) is 13.1 Å². The van der Waals surface area contributed by atoms with Crippen LogP contribution in [0.4, 0.5) is 0 Å². The van der Waals surface area contributed by atoms with Crippen LogP contribution in [-0.4, -0.2) is 49.0 Å². The van der Waals surface area contributed by atoms with Crippen molar-refractivity contribution in [2.45, 2.75) is 25.3 Å². The van der Waals surface area contributed by atoms with Crippen LogP contribution in [-0.2, 0) is 4.79 Å². The van der Waals surface area contributed by atoms with Gasteiger partial charge in [-0.1, -0.05) is 0 Å². The van der Waals surface area contributed by atoms with Crippen LogP contribution in [0.3, 0.4) is 0 Å². The Bertz CT molecular complexity index is 179. The van der Waals surface area contributed by atoms with E-state index in [9.17, 15) is 4.79 Å². The second-order valence-electron chi connectivity index (χ2n) is 3.77. The van der Waals surface area contributed by atoms with Gasteiger partial charge in [0.05, 0.1) is 5.75 Å². The van der Waals surface area contributed by atoms with Crippen molar-refractivity contribution in [1.29, 1.82) is 0 Å². The molecule has 1 rings (SSSR count). The molecule has 1 unspecified atom stereocenters. The van der Waals surface area contributed by atoms with E-state index in [1.807, 2.05) is 18.2 Å². The molecule has 1 N–H and O–H groups in total. The third-order valence-corrected chi connectivity index (χ3v) is 3.29. The minimum atomic E-state index is 0.268. The molecule has 0 saturated carbocycles. The van der Waals surface area contributed by atoms with Crippen LogP contribution in [0.1, 0.15) is 19.3 Å². The average Bonchev–Trinajstić information content (AvgIpc) is 2.45. The van der Waals surface area contributed by atoms with E-state index in [2.05, 4.69) is 5.32 Å². The summed E-state index contributed by atoms with van der Waals surface area (Å²) >= 11 is 1.60. The zero-order valence-electron chi connectivity index (χ0n) is 9.08. The molecular weight excluding hydrogens is 196 g/mol. The Morgan fingerprint density at radius 2 is 2.29 bits per heavy atom. The Morgan fingerprint density at radius 1 is 1.50 bits per heavy atom. The standard InChI is InChI=1S/C10H20N2OS/c1-12(10(13)8-14-2)9-4-3-6-11-7-5-9/h9,11H,3-8H2,1-2H3. The first-order valence-electron chi connectivity index (χ1n) is 5.21. The van der Waals surface area contributed by atoms with Crippen molar-refractivity contribution in [3.05, 3.63) is 0 Å². The lowest BCUT2D eigenvalue weighted by atomic mass is 10.1. The molecule has 1 saturated heterocycles. The molecule has 82 valence electrons. The highest BCUT2D eigenvalue weighted by Gasteiger charge is 2.20. The van der Waals surface area contributed by atoms with Crippen LogP contribution in [0.2, 0.25) is 0 Å². The Hall–Kier alpha value is -0.220.